The number of rotatable bonds is 3. The second kappa shape index (κ2) is 7.67. The van der Waals surface area contributed by atoms with Gasteiger partial charge in [0.05, 0.1) is 4.90 Å². The first-order valence-electron chi connectivity index (χ1n) is 8.88. The Bertz CT molecular complexity index is 803. The molecule has 1 aliphatic carbocycles. The minimum atomic E-state index is -4.48. The predicted molar refractivity (Wildman–Crippen MR) is 92.9 cm³/mol. The van der Waals surface area contributed by atoms with Gasteiger partial charge in [0.25, 0.3) is 0 Å². The number of nitrogens with zero attached hydrogens (tertiary/aromatic N) is 2. The fourth-order valence-corrected chi connectivity index (χ4v) is 4.91. The van der Waals surface area contributed by atoms with Gasteiger partial charge in [-0.2, -0.15) is 17.5 Å². The van der Waals surface area contributed by atoms with E-state index in [2.05, 4.69) is 0 Å². The number of carbonyl (C=O) groups excluding carboxylic acids is 1. The molecular formula is C17H22F3N3O3S. The van der Waals surface area contributed by atoms with Crippen LogP contribution in [0, 0.1) is 0 Å². The average molecular weight is 405 g/mol. The number of nitrogens with one attached hydrogen (secondary N) is 1. The third-order valence-electron chi connectivity index (χ3n) is 4.92. The molecule has 1 aliphatic heterocycles. The van der Waals surface area contributed by atoms with Crippen LogP contribution in [0.2, 0.25) is 0 Å². The average Bonchev–Trinajstić information content (AvgIpc) is 2.65. The van der Waals surface area contributed by atoms with Crippen LogP contribution in [0.25, 0.3) is 0 Å². The molecule has 27 heavy (non-hydrogen) atoms. The summed E-state index contributed by atoms with van der Waals surface area (Å²) in [6.45, 7) is -1.20. The zero-order chi connectivity index (χ0) is 19.7. The van der Waals surface area contributed by atoms with Crippen molar-refractivity contribution in [2.24, 2.45) is 0 Å². The number of sulfonamides is 1. The van der Waals surface area contributed by atoms with Gasteiger partial charge >= 0.3 is 12.2 Å². The van der Waals surface area contributed by atoms with Crippen molar-refractivity contribution in [3.63, 3.8) is 0 Å². The van der Waals surface area contributed by atoms with Crippen LogP contribution < -0.4 is 5.32 Å². The maximum Gasteiger partial charge on any atom is 0.405 e. The van der Waals surface area contributed by atoms with Gasteiger partial charge in [-0.3, -0.25) is 0 Å². The summed E-state index contributed by atoms with van der Waals surface area (Å²) in [6.07, 6.45) is -0.500. The summed E-state index contributed by atoms with van der Waals surface area (Å²) in [7, 11) is -3.69. The van der Waals surface area contributed by atoms with E-state index < -0.39 is 28.8 Å². The number of piperazine rings is 1. The van der Waals surface area contributed by atoms with E-state index in [-0.39, 0.29) is 31.1 Å². The number of carbonyl (C=O) groups is 1. The molecule has 3 rings (SSSR count). The Morgan fingerprint density at radius 2 is 1.67 bits per heavy atom. The fraction of sp³-hybridized carbons (Fsp3) is 0.588. The minimum Gasteiger partial charge on any atom is -0.329 e. The molecule has 1 saturated heterocycles. The smallest absolute Gasteiger partial charge is 0.329 e. The van der Waals surface area contributed by atoms with Gasteiger partial charge in [0.2, 0.25) is 10.0 Å². The minimum absolute atomic E-state index is 0.0495. The molecule has 1 aromatic carbocycles. The lowest BCUT2D eigenvalue weighted by atomic mass is 9.92. The van der Waals surface area contributed by atoms with Crippen LogP contribution in [0.5, 0.6) is 0 Å². The number of urea groups is 1. The van der Waals surface area contributed by atoms with E-state index in [1.165, 1.54) is 14.8 Å². The maximum atomic E-state index is 12.9. The predicted octanol–water partition coefficient (Wildman–Crippen LogP) is 2.14. The zero-order valence-corrected chi connectivity index (χ0v) is 15.6. The van der Waals surface area contributed by atoms with E-state index in [4.69, 9.17) is 0 Å². The van der Waals surface area contributed by atoms with Crippen molar-refractivity contribution in [3.8, 4) is 0 Å². The van der Waals surface area contributed by atoms with Gasteiger partial charge in [0, 0.05) is 26.2 Å². The van der Waals surface area contributed by atoms with Crippen LogP contribution >= 0.6 is 0 Å². The molecule has 2 amide bonds. The Labute approximate surface area is 156 Å². The molecule has 2 aliphatic rings. The first-order chi connectivity index (χ1) is 12.7. The maximum absolute atomic E-state index is 12.9. The number of hydrogen-bond donors (Lipinski definition) is 1. The summed E-state index contributed by atoms with van der Waals surface area (Å²) in [5.74, 6) is 0. The van der Waals surface area contributed by atoms with Crippen LogP contribution in [-0.4, -0.2) is 62.6 Å². The largest absolute Gasteiger partial charge is 0.405 e. The molecule has 10 heteroatoms. The highest BCUT2D eigenvalue weighted by atomic mass is 32.2. The van der Waals surface area contributed by atoms with Crippen molar-refractivity contribution in [1.29, 1.82) is 0 Å². The highest BCUT2D eigenvalue weighted by Crippen LogP contribution is 2.26. The molecule has 1 heterocycles. The molecule has 1 fully saturated rings. The zero-order valence-electron chi connectivity index (χ0n) is 14.8. The molecule has 1 aromatic rings. The fourth-order valence-electron chi connectivity index (χ4n) is 3.44. The van der Waals surface area contributed by atoms with Crippen molar-refractivity contribution in [2.75, 3.05) is 32.7 Å². The van der Waals surface area contributed by atoms with Gasteiger partial charge in [-0.15, -0.1) is 0 Å². The van der Waals surface area contributed by atoms with Crippen molar-refractivity contribution >= 4 is 16.1 Å². The molecule has 150 valence electrons. The van der Waals surface area contributed by atoms with Gasteiger partial charge in [0.1, 0.15) is 6.54 Å². The van der Waals surface area contributed by atoms with Gasteiger partial charge in [-0.1, -0.05) is 6.07 Å². The summed E-state index contributed by atoms with van der Waals surface area (Å²) < 4.78 is 63.6. The molecular weight excluding hydrogens is 383 g/mol. The van der Waals surface area contributed by atoms with E-state index in [0.29, 0.717) is 0 Å². The van der Waals surface area contributed by atoms with Crippen molar-refractivity contribution < 1.29 is 26.4 Å². The van der Waals surface area contributed by atoms with Crippen LogP contribution in [0.1, 0.15) is 24.0 Å². The summed E-state index contributed by atoms with van der Waals surface area (Å²) in [6, 6.07) is 4.37. The highest BCUT2D eigenvalue weighted by Gasteiger charge is 2.32. The number of halogens is 3. The Hall–Kier alpha value is -1.81. The third kappa shape index (κ3) is 4.73. The van der Waals surface area contributed by atoms with Gasteiger partial charge < -0.3 is 10.2 Å². The van der Waals surface area contributed by atoms with Gasteiger partial charge in [-0.25, -0.2) is 13.2 Å². The summed E-state index contributed by atoms with van der Waals surface area (Å²) in [5.41, 5.74) is 2.25. The number of aryl methyl sites for hydroxylation is 2. The molecule has 0 spiro atoms. The molecule has 6 nitrogen and oxygen atoms in total. The summed E-state index contributed by atoms with van der Waals surface area (Å²) in [5, 5.41) is 1.81. The van der Waals surface area contributed by atoms with E-state index in [0.717, 1.165) is 31.2 Å². The van der Waals surface area contributed by atoms with E-state index >= 15 is 0 Å². The van der Waals surface area contributed by atoms with E-state index in [9.17, 15) is 26.4 Å². The topological polar surface area (TPSA) is 69.7 Å². The molecule has 0 atom stereocenters. The van der Waals surface area contributed by atoms with Crippen molar-refractivity contribution in [2.45, 2.75) is 36.8 Å². The second-order valence-electron chi connectivity index (χ2n) is 6.80. The third-order valence-corrected chi connectivity index (χ3v) is 6.82. The highest BCUT2D eigenvalue weighted by molar-refractivity contribution is 7.89. The van der Waals surface area contributed by atoms with E-state index in [1.807, 2.05) is 6.07 Å². The van der Waals surface area contributed by atoms with Crippen LogP contribution in [0.3, 0.4) is 0 Å². The second-order valence-corrected chi connectivity index (χ2v) is 8.74. The lowest BCUT2D eigenvalue weighted by molar-refractivity contribution is -0.123. The number of benzene rings is 1. The molecule has 1 N–H and O–H groups in total. The summed E-state index contributed by atoms with van der Waals surface area (Å²) >= 11 is 0. The SMILES string of the molecule is O=C(NCC(F)(F)F)N1CCN(S(=O)(=O)c2ccc3c(c2)CCCC3)CC1. The monoisotopic (exact) mass is 405 g/mol. The number of amides is 2. The molecule has 0 radical (unpaired) electrons. The van der Waals surface area contributed by atoms with Gasteiger partial charge in [-0.05, 0) is 48.9 Å². The first-order valence-corrected chi connectivity index (χ1v) is 10.3. The lowest BCUT2D eigenvalue weighted by Crippen LogP contribution is -2.54. The summed E-state index contributed by atoms with van der Waals surface area (Å²) in [4.78, 5) is 13.2. The molecule has 0 bridgehead atoms. The molecule has 0 saturated carbocycles. The Kier molecular flexibility index (Phi) is 5.66. The lowest BCUT2D eigenvalue weighted by Gasteiger charge is -2.34. The van der Waals surface area contributed by atoms with Crippen LogP contribution in [0.4, 0.5) is 18.0 Å². The number of alkyl halides is 3. The van der Waals surface area contributed by atoms with E-state index in [1.54, 1.807) is 17.4 Å². The van der Waals surface area contributed by atoms with Crippen molar-refractivity contribution in [1.82, 2.24) is 14.5 Å². The Morgan fingerprint density at radius 3 is 2.30 bits per heavy atom. The molecule has 0 aromatic heterocycles. The standard InChI is InChI=1S/C17H22F3N3O3S/c18-17(19,20)12-21-16(24)22-7-9-23(10-8-22)27(25,26)15-6-5-13-3-1-2-4-14(13)11-15/h5-6,11H,1-4,7-10,12H2,(H,21,24). The number of hydrogen-bond acceptors (Lipinski definition) is 3. The first kappa shape index (κ1) is 19.9. The van der Waals surface area contributed by atoms with Crippen LogP contribution in [-0.2, 0) is 22.9 Å². The molecule has 0 unspecified atom stereocenters. The Balaban J connectivity index is 1.62. The van der Waals surface area contributed by atoms with Crippen LogP contribution in [0.15, 0.2) is 23.1 Å². The quantitative estimate of drug-likeness (QED) is 0.838. The van der Waals surface area contributed by atoms with Crippen molar-refractivity contribution in [3.05, 3.63) is 29.3 Å². The van der Waals surface area contributed by atoms with Gasteiger partial charge in [0.15, 0.2) is 0 Å². The normalized spacial score (nSPS) is 18.9. The number of fused-ring (bicyclic) bond motifs is 1. The Morgan fingerprint density at radius 1 is 1.04 bits per heavy atom.